The number of rotatable bonds is 5. The maximum atomic E-state index is 10.7. The van der Waals surface area contributed by atoms with Gasteiger partial charge in [-0.25, -0.2) is 9.97 Å². The molecule has 19 heavy (non-hydrogen) atoms. The van der Waals surface area contributed by atoms with E-state index in [1.54, 1.807) is 6.07 Å². The van der Waals surface area contributed by atoms with Crippen molar-refractivity contribution in [2.45, 2.75) is 6.42 Å². The average Bonchev–Trinajstić information content (AvgIpc) is 2.37. The van der Waals surface area contributed by atoms with Crippen molar-refractivity contribution >= 4 is 28.7 Å². The Kier molecular flexibility index (Phi) is 3.56. The number of carbonyl (C=O) groups is 2. The summed E-state index contributed by atoms with van der Waals surface area (Å²) in [6, 6.07) is 4.29. The van der Waals surface area contributed by atoms with Crippen molar-refractivity contribution in [3.05, 3.63) is 30.1 Å². The first-order chi connectivity index (χ1) is 9.08. The number of aromatic carboxylic acids is 1. The van der Waals surface area contributed by atoms with Crippen LogP contribution in [0.4, 0.5) is 5.82 Å². The van der Waals surface area contributed by atoms with Crippen LogP contribution in [0.5, 0.6) is 0 Å². The van der Waals surface area contributed by atoms with Gasteiger partial charge in [-0.15, -0.1) is 0 Å². The third-order valence-electron chi connectivity index (χ3n) is 2.49. The third-order valence-corrected chi connectivity index (χ3v) is 2.49. The Bertz CT molecular complexity index is 642. The molecule has 7 nitrogen and oxygen atoms in total. The molecule has 2 rings (SSSR count). The highest BCUT2D eigenvalue weighted by Gasteiger charge is 2.04. The van der Waals surface area contributed by atoms with Gasteiger partial charge in [-0.2, -0.15) is 0 Å². The van der Waals surface area contributed by atoms with E-state index in [2.05, 4.69) is 15.3 Å². The van der Waals surface area contributed by atoms with Gasteiger partial charge in [-0.3, -0.25) is 0 Å². The molecule has 0 saturated heterocycles. The lowest BCUT2D eigenvalue weighted by Gasteiger charge is -2.09. The minimum atomic E-state index is -1.29. The highest BCUT2D eigenvalue weighted by Crippen LogP contribution is 2.20. The molecular formula is C12H9N3O4-2. The van der Waals surface area contributed by atoms with Crippen LogP contribution < -0.4 is 15.5 Å². The maximum Gasteiger partial charge on any atom is 0.137 e. The molecule has 0 aliphatic carbocycles. The second kappa shape index (κ2) is 5.30. The second-order valence-corrected chi connectivity index (χ2v) is 3.79. The van der Waals surface area contributed by atoms with E-state index in [1.807, 2.05) is 0 Å². The Balaban J connectivity index is 2.30. The summed E-state index contributed by atoms with van der Waals surface area (Å²) in [6.07, 6.45) is 1.12. The van der Waals surface area contributed by atoms with Crippen LogP contribution >= 0.6 is 0 Å². The molecule has 2 aromatic rings. The summed E-state index contributed by atoms with van der Waals surface area (Å²) in [5.41, 5.74) is 0.458. The van der Waals surface area contributed by atoms with E-state index < -0.39 is 11.9 Å². The standard InChI is InChI=1S/C12H11N3O4/c16-10(17)3-4-13-11-8-2-1-7(12(18)19)5-9(8)14-6-15-11/h1-2,5-6H,3-4H2,(H,16,17)(H,18,19)(H,13,14,15)/p-2. The smallest absolute Gasteiger partial charge is 0.137 e. The Labute approximate surface area is 107 Å². The monoisotopic (exact) mass is 259 g/mol. The van der Waals surface area contributed by atoms with Gasteiger partial charge in [-0.05, 0) is 17.7 Å². The van der Waals surface area contributed by atoms with E-state index >= 15 is 0 Å². The van der Waals surface area contributed by atoms with Crippen LogP contribution in [-0.4, -0.2) is 28.5 Å². The van der Waals surface area contributed by atoms with Crippen LogP contribution in [0.1, 0.15) is 16.8 Å². The number of aromatic nitrogens is 2. The largest absolute Gasteiger partial charge is 0.550 e. The molecule has 0 aliphatic rings. The molecule has 0 aliphatic heterocycles. The maximum absolute atomic E-state index is 10.7. The molecule has 1 aromatic carbocycles. The van der Waals surface area contributed by atoms with Crippen molar-refractivity contribution < 1.29 is 19.8 Å². The van der Waals surface area contributed by atoms with Gasteiger partial charge < -0.3 is 25.1 Å². The second-order valence-electron chi connectivity index (χ2n) is 3.79. The number of anilines is 1. The summed E-state index contributed by atoms with van der Waals surface area (Å²) in [5, 5.41) is 24.5. The zero-order valence-corrected chi connectivity index (χ0v) is 9.75. The average molecular weight is 259 g/mol. The lowest BCUT2D eigenvalue weighted by atomic mass is 10.1. The molecule has 7 heteroatoms. The summed E-state index contributed by atoms with van der Waals surface area (Å²) < 4.78 is 0. The molecule has 0 unspecified atom stereocenters. The van der Waals surface area contributed by atoms with E-state index in [1.165, 1.54) is 18.5 Å². The fraction of sp³-hybridized carbons (Fsp3) is 0.167. The SMILES string of the molecule is O=C([O-])CCNc1ncnc2cc(C(=O)[O-])ccc12. The highest BCUT2D eigenvalue weighted by molar-refractivity contribution is 5.95. The molecule has 0 fully saturated rings. The normalized spacial score (nSPS) is 10.3. The van der Waals surface area contributed by atoms with Crippen molar-refractivity contribution in [1.82, 2.24) is 9.97 Å². The number of hydrogen-bond acceptors (Lipinski definition) is 7. The molecule has 0 amide bonds. The van der Waals surface area contributed by atoms with E-state index in [0.717, 1.165) is 0 Å². The number of nitrogens with one attached hydrogen (secondary N) is 1. The van der Waals surface area contributed by atoms with Crippen LogP contribution in [0.3, 0.4) is 0 Å². The fourth-order valence-corrected chi connectivity index (χ4v) is 1.61. The van der Waals surface area contributed by atoms with Crippen molar-refractivity contribution in [2.24, 2.45) is 0 Å². The Morgan fingerprint density at radius 2 is 2.00 bits per heavy atom. The molecule has 98 valence electrons. The summed E-state index contributed by atoms with van der Waals surface area (Å²) >= 11 is 0. The minimum Gasteiger partial charge on any atom is -0.550 e. The van der Waals surface area contributed by atoms with Gasteiger partial charge in [0, 0.05) is 24.3 Å². The predicted molar refractivity (Wildman–Crippen MR) is 62.0 cm³/mol. The topological polar surface area (TPSA) is 118 Å². The van der Waals surface area contributed by atoms with Gasteiger partial charge in [-0.1, -0.05) is 6.07 Å². The van der Waals surface area contributed by atoms with Crippen LogP contribution in [0.25, 0.3) is 10.9 Å². The lowest BCUT2D eigenvalue weighted by Crippen LogP contribution is -2.25. The molecule has 1 N–H and O–H groups in total. The first-order valence-corrected chi connectivity index (χ1v) is 5.48. The Hall–Kier alpha value is -2.70. The van der Waals surface area contributed by atoms with Crippen LogP contribution in [0, 0.1) is 0 Å². The fourth-order valence-electron chi connectivity index (χ4n) is 1.61. The zero-order chi connectivity index (χ0) is 13.8. The summed E-state index contributed by atoms with van der Waals surface area (Å²) in [7, 11) is 0. The van der Waals surface area contributed by atoms with Crippen LogP contribution in [-0.2, 0) is 4.79 Å². The van der Waals surface area contributed by atoms with Gasteiger partial charge in [0.25, 0.3) is 0 Å². The van der Waals surface area contributed by atoms with E-state index in [9.17, 15) is 19.8 Å². The third kappa shape index (κ3) is 2.95. The number of benzene rings is 1. The lowest BCUT2D eigenvalue weighted by molar-refractivity contribution is -0.305. The summed E-state index contributed by atoms with van der Waals surface area (Å²) in [5.74, 6) is -2.01. The van der Waals surface area contributed by atoms with Crippen molar-refractivity contribution in [3.8, 4) is 0 Å². The van der Waals surface area contributed by atoms with Gasteiger partial charge in [0.05, 0.1) is 11.5 Å². The molecule has 1 aromatic heterocycles. The van der Waals surface area contributed by atoms with Crippen molar-refractivity contribution in [3.63, 3.8) is 0 Å². The summed E-state index contributed by atoms with van der Waals surface area (Å²) in [4.78, 5) is 29.0. The predicted octanol–water partition coefficient (Wildman–Crippen LogP) is -1.45. The number of hydrogen-bond donors (Lipinski definition) is 1. The van der Waals surface area contributed by atoms with Crippen LogP contribution in [0.15, 0.2) is 24.5 Å². The van der Waals surface area contributed by atoms with Gasteiger partial charge >= 0.3 is 0 Å². The Morgan fingerprint density at radius 3 is 2.68 bits per heavy atom. The first kappa shape index (κ1) is 12.7. The number of fused-ring (bicyclic) bond motifs is 1. The molecule has 0 bridgehead atoms. The molecule has 0 saturated carbocycles. The summed E-state index contributed by atoms with van der Waals surface area (Å²) in [6.45, 7) is 0.163. The van der Waals surface area contributed by atoms with E-state index in [-0.39, 0.29) is 18.5 Å². The Morgan fingerprint density at radius 1 is 1.21 bits per heavy atom. The molecule has 0 spiro atoms. The molecular weight excluding hydrogens is 250 g/mol. The van der Waals surface area contributed by atoms with Gasteiger partial charge in [0.2, 0.25) is 0 Å². The zero-order valence-electron chi connectivity index (χ0n) is 9.75. The number of aliphatic carboxylic acids is 1. The number of carboxylic acids is 2. The highest BCUT2D eigenvalue weighted by atomic mass is 16.4. The quantitative estimate of drug-likeness (QED) is 0.697. The molecule has 0 atom stereocenters. The first-order valence-electron chi connectivity index (χ1n) is 5.48. The van der Waals surface area contributed by atoms with Crippen molar-refractivity contribution in [1.29, 1.82) is 0 Å². The van der Waals surface area contributed by atoms with Crippen molar-refractivity contribution in [2.75, 3.05) is 11.9 Å². The number of carbonyl (C=O) groups excluding carboxylic acids is 2. The van der Waals surface area contributed by atoms with Gasteiger partial charge in [0.1, 0.15) is 12.1 Å². The molecule has 1 heterocycles. The number of carboxylic acid groups (broad SMARTS) is 2. The van der Waals surface area contributed by atoms with Gasteiger partial charge in [0.15, 0.2) is 0 Å². The minimum absolute atomic E-state index is 0.0203. The van der Waals surface area contributed by atoms with E-state index in [4.69, 9.17) is 0 Å². The molecule has 0 radical (unpaired) electrons. The number of nitrogens with zero attached hydrogens (tertiary/aromatic N) is 2. The van der Waals surface area contributed by atoms with E-state index in [0.29, 0.717) is 16.7 Å². The van der Waals surface area contributed by atoms with Crippen LogP contribution in [0.2, 0.25) is 0 Å².